The standard InChI is InChI=1S/C21H21N5S/c22-15-12-26(13-15)21-19(17-9-5-11-27-17)24-18(14-6-2-1-3-7-14)16-8-4-10-23-20(16)25-21/h1-11,15,19,21H,12-13,22H2,(H,23,25). The number of likely N-dealkylation sites (tertiary alicyclic amines) is 1. The van der Waals surface area contributed by atoms with E-state index in [1.165, 1.54) is 4.88 Å². The second kappa shape index (κ2) is 6.88. The molecule has 0 saturated carbocycles. The van der Waals surface area contributed by atoms with Gasteiger partial charge in [-0.1, -0.05) is 36.4 Å². The lowest BCUT2D eigenvalue weighted by atomic mass is 10.0. The number of anilines is 1. The Labute approximate surface area is 162 Å². The van der Waals surface area contributed by atoms with Crippen molar-refractivity contribution in [2.45, 2.75) is 18.2 Å². The number of aromatic nitrogens is 1. The third kappa shape index (κ3) is 3.06. The maximum Gasteiger partial charge on any atom is 0.136 e. The molecule has 1 fully saturated rings. The first-order valence-corrected chi connectivity index (χ1v) is 10.1. The third-order valence-electron chi connectivity index (χ3n) is 5.13. The minimum absolute atomic E-state index is 0.0121. The molecule has 2 unspecified atom stereocenters. The molecule has 6 heteroatoms. The number of hydrogen-bond acceptors (Lipinski definition) is 6. The van der Waals surface area contributed by atoms with E-state index in [2.05, 4.69) is 63.0 Å². The van der Waals surface area contributed by atoms with Crippen LogP contribution in [0.15, 0.2) is 71.2 Å². The zero-order valence-corrected chi connectivity index (χ0v) is 15.6. The number of thiophene rings is 1. The molecule has 0 amide bonds. The summed E-state index contributed by atoms with van der Waals surface area (Å²) >= 11 is 1.75. The van der Waals surface area contributed by atoms with E-state index in [4.69, 9.17) is 10.7 Å². The molecule has 27 heavy (non-hydrogen) atoms. The SMILES string of the molecule is NC1CN(C2Nc3ncccc3C(c3ccccc3)=NC2c2cccs2)C1. The highest BCUT2D eigenvalue weighted by Gasteiger charge is 2.38. The zero-order chi connectivity index (χ0) is 18.2. The summed E-state index contributed by atoms with van der Waals surface area (Å²) in [4.78, 5) is 13.5. The highest BCUT2D eigenvalue weighted by atomic mass is 32.1. The molecular weight excluding hydrogens is 354 g/mol. The van der Waals surface area contributed by atoms with E-state index < -0.39 is 0 Å². The molecular formula is C21H21N5S. The normalized spacial score (nSPS) is 22.9. The average molecular weight is 376 g/mol. The topological polar surface area (TPSA) is 66.5 Å². The number of hydrogen-bond donors (Lipinski definition) is 2. The van der Waals surface area contributed by atoms with Crippen LogP contribution in [0.4, 0.5) is 5.82 Å². The first-order chi connectivity index (χ1) is 13.3. The minimum atomic E-state index is -0.0121. The lowest BCUT2D eigenvalue weighted by Gasteiger charge is -2.44. The van der Waals surface area contributed by atoms with E-state index in [-0.39, 0.29) is 18.2 Å². The molecule has 136 valence electrons. The second-order valence-electron chi connectivity index (χ2n) is 7.01. The van der Waals surface area contributed by atoms with E-state index in [1.807, 2.05) is 18.3 Å². The Balaban J connectivity index is 1.67. The predicted octanol–water partition coefficient (Wildman–Crippen LogP) is 3.12. The fourth-order valence-corrected chi connectivity index (χ4v) is 4.57. The zero-order valence-electron chi connectivity index (χ0n) is 14.8. The fourth-order valence-electron chi connectivity index (χ4n) is 3.78. The van der Waals surface area contributed by atoms with Crippen molar-refractivity contribution in [3.8, 4) is 0 Å². The summed E-state index contributed by atoms with van der Waals surface area (Å²) in [5.74, 6) is 0.879. The van der Waals surface area contributed by atoms with Crippen molar-refractivity contribution < 1.29 is 0 Å². The molecule has 1 saturated heterocycles. The van der Waals surface area contributed by atoms with Crippen LogP contribution in [0.1, 0.15) is 22.0 Å². The Morgan fingerprint density at radius 1 is 1.04 bits per heavy atom. The van der Waals surface area contributed by atoms with Gasteiger partial charge in [-0.15, -0.1) is 11.3 Å². The van der Waals surface area contributed by atoms with Crippen molar-refractivity contribution in [1.82, 2.24) is 9.88 Å². The van der Waals surface area contributed by atoms with Crippen LogP contribution in [0.25, 0.3) is 0 Å². The molecule has 2 atom stereocenters. The average Bonchev–Trinajstić information content (AvgIpc) is 3.15. The van der Waals surface area contributed by atoms with Gasteiger partial charge in [-0.3, -0.25) is 9.89 Å². The van der Waals surface area contributed by atoms with E-state index in [0.29, 0.717) is 0 Å². The van der Waals surface area contributed by atoms with Crippen LogP contribution in [-0.2, 0) is 0 Å². The number of pyridine rings is 1. The lowest BCUT2D eigenvalue weighted by Crippen LogP contribution is -2.62. The number of aliphatic imine (C=N–C) groups is 1. The maximum absolute atomic E-state index is 6.07. The number of nitrogens with zero attached hydrogens (tertiary/aromatic N) is 3. The Kier molecular flexibility index (Phi) is 4.24. The largest absolute Gasteiger partial charge is 0.352 e. The third-order valence-corrected chi connectivity index (χ3v) is 6.07. The lowest BCUT2D eigenvalue weighted by molar-refractivity contribution is 0.0944. The number of benzene rings is 1. The molecule has 1 aromatic carbocycles. The predicted molar refractivity (Wildman–Crippen MR) is 110 cm³/mol. The number of fused-ring (bicyclic) bond motifs is 1. The Bertz CT molecular complexity index is 948. The summed E-state index contributed by atoms with van der Waals surface area (Å²) in [6.45, 7) is 1.75. The summed E-state index contributed by atoms with van der Waals surface area (Å²) < 4.78 is 0. The number of nitrogens with two attached hydrogens (primary N) is 1. The molecule has 2 aliphatic heterocycles. The molecule has 0 aliphatic carbocycles. The van der Waals surface area contributed by atoms with Crippen LogP contribution in [0.5, 0.6) is 0 Å². The van der Waals surface area contributed by atoms with Crippen molar-refractivity contribution >= 4 is 22.9 Å². The van der Waals surface area contributed by atoms with Crippen LogP contribution in [-0.4, -0.2) is 40.9 Å². The van der Waals surface area contributed by atoms with Crippen molar-refractivity contribution in [3.63, 3.8) is 0 Å². The van der Waals surface area contributed by atoms with Gasteiger partial charge in [-0.05, 0) is 23.6 Å². The second-order valence-corrected chi connectivity index (χ2v) is 7.99. The first kappa shape index (κ1) is 16.6. The summed E-state index contributed by atoms with van der Waals surface area (Å²) in [6, 6.07) is 18.9. The van der Waals surface area contributed by atoms with E-state index >= 15 is 0 Å². The fraction of sp³-hybridized carbons (Fsp3) is 0.238. The van der Waals surface area contributed by atoms with Gasteiger partial charge in [-0.25, -0.2) is 4.98 Å². The molecule has 5 nitrogen and oxygen atoms in total. The summed E-state index contributed by atoms with van der Waals surface area (Å²) in [5.41, 5.74) is 9.20. The van der Waals surface area contributed by atoms with Gasteiger partial charge in [0.25, 0.3) is 0 Å². The summed E-state index contributed by atoms with van der Waals surface area (Å²) in [6.07, 6.45) is 1.87. The van der Waals surface area contributed by atoms with Gasteiger partial charge in [0.15, 0.2) is 0 Å². The molecule has 0 spiro atoms. The molecule has 4 heterocycles. The molecule has 0 radical (unpaired) electrons. The van der Waals surface area contributed by atoms with Gasteiger partial charge >= 0.3 is 0 Å². The first-order valence-electron chi connectivity index (χ1n) is 9.18. The van der Waals surface area contributed by atoms with Gasteiger partial charge in [0, 0.05) is 41.3 Å². The van der Waals surface area contributed by atoms with Gasteiger partial charge in [0.05, 0.1) is 5.71 Å². The summed E-state index contributed by atoms with van der Waals surface area (Å²) in [5, 5.41) is 5.78. The smallest absolute Gasteiger partial charge is 0.136 e. The van der Waals surface area contributed by atoms with Crippen LogP contribution >= 0.6 is 11.3 Å². The molecule has 3 aromatic rings. The number of nitrogens with one attached hydrogen (secondary N) is 1. The quantitative estimate of drug-likeness (QED) is 0.738. The van der Waals surface area contributed by atoms with Crippen molar-refractivity contribution in [2.24, 2.45) is 10.7 Å². The minimum Gasteiger partial charge on any atom is -0.352 e. The van der Waals surface area contributed by atoms with Crippen LogP contribution in [0.2, 0.25) is 0 Å². The van der Waals surface area contributed by atoms with E-state index in [1.54, 1.807) is 11.3 Å². The molecule has 0 bridgehead atoms. The van der Waals surface area contributed by atoms with Gasteiger partial charge in [0.2, 0.25) is 0 Å². The molecule has 2 aliphatic rings. The van der Waals surface area contributed by atoms with Crippen molar-refractivity contribution in [2.75, 3.05) is 18.4 Å². The Morgan fingerprint density at radius 2 is 1.89 bits per heavy atom. The maximum atomic E-state index is 6.07. The van der Waals surface area contributed by atoms with Crippen molar-refractivity contribution in [1.29, 1.82) is 0 Å². The van der Waals surface area contributed by atoms with Crippen LogP contribution in [0.3, 0.4) is 0 Å². The highest BCUT2D eigenvalue weighted by molar-refractivity contribution is 7.10. The van der Waals surface area contributed by atoms with Crippen molar-refractivity contribution in [3.05, 3.63) is 82.2 Å². The molecule has 2 aromatic heterocycles. The van der Waals surface area contributed by atoms with Crippen LogP contribution < -0.4 is 11.1 Å². The number of rotatable bonds is 3. The van der Waals surface area contributed by atoms with Crippen LogP contribution in [0, 0.1) is 0 Å². The van der Waals surface area contributed by atoms with Gasteiger partial charge < -0.3 is 11.1 Å². The van der Waals surface area contributed by atoms with E-state index in [9.17, 15) is 0 Å². The monoisotopic (exact) mass is 375 g/mol. The Morgan fingerprint density at radius 3 is 2.63 bits per heavy atom. The molecule has 5 rings (SSSR count). The van der Waals surface area contributed by atoms with Gasteiger partial charge in [-0.2, -0.15) is 0 Å². The van der Waals surface area contributed by atoms with E-state index in [0.717, 1.165) is 35.7 Å². The summed E-state index contributed by atoms with van der Waals surface area (Å²) in [7, 11) is 0. The Hall–Kier alpha value is -2.54. The van der Waals surface area contributed by atoms with Gasteiger partial charge in [0.1, 0.15) is 18.0 Å². The molecule has 3 N–H and O–H groups in total. The highest BCUT2D eigenvalue weighted by Crippen LogP contribution is 2.36.